The van der Waals surface area contributed by atoms with E-state index >= 15 is 0 Å². The summed E-state index contributed by atoms with van der Waals surface area (Å²) < 4.78 is 46.0. The molecule has 0 spiro atoms. The Morgan fingerprint density at radius 1 is 0.815 bits per heavy atom. The molecule has 0 aliphatic carbocycles. The lowest BCUT2D eigenvalue weighted by Gasteiger charge is -2.35. The largest absolute Gasteiger partial charge is 0.379 e. The number of azide groups is 1. The molecule has 0 unspecified atom stereocenters. The highest BCUT2D eigenvalue weighted by molar-refractivity contribution is 7.17. The van der Waals surface area contributed by atoms with E-state index in [0.29, 0.717) is 151 Å². The number of piperazine rings is 1. The Morgan fingerprint density at radius 2 is 1.43 bits per heavy atom. The van der Waals surface area contributed by atoms with E-state index in [0.717, 1.165) is 49.8 Å². The van der Waals surface area contributed by atoms with E-state index in [1.165, 1.54) is 17.5 Å². The van der Waals surface area contributed by atoms with Gasteiger partial charge >= 0.3 is 0 Å². The Kier molecular flexibility index (Phi) is 24.1. The molecule has 0 saturated carbocycles. The Morgan fingerprint density at radius 3 is 2.06 bits per heavy atom. The molecule has 24 heteroatoms. The van der Waals surface area contributed by atoms with E-state index in [4.69, 9.17) is 60.0 Å². The topological polar surface area (TPSA) is 240 Å². The summed E-state index contributed by atoms with van der Waals surface area (Å²) in [6, 6.07) is 7.39. The summed E-state index contributed by atoms with van der Waals surface area (Å²) in [6.45, 7) is 16.3. The average Bonchev–Trinajstić information content (AvgIpc) is 3.97. The molecule has 0 bridgehead atoms. The summed E-state index contributed by atoms with van der Waals surface area (Å²) in [5.74, 6) is 1.80. The van der Waals surface area contributed by atoms with Crippen molar-refractivity contribution in [2.45, 2.75) is 27.0 Å². The Balaban J connectivity index is 0.822. The number of hydrogen-bond donors (Lipinski definition) is 2. The van der Waals surface area contributed by atoms with Crippen LogP contribution >= 0.6 is 22.9 Å². The molecule has 1 amide bonds. The van der Waals surface area contributed by atoms with Crippen molar-refractivity contribution >= 4 is 51.3 Å². The number of carbonyl (C=O) groups excluding carboxylic acids is 1. The second-order valence-electron chi connectivity index (χ2n) is 14.3. The summed E-state index contributed by atoms with van der Waals surface area (Å²) in [6.07, 6.45) is 3.41. The van der Waals surface area contributed by atoms with Crippen LogP contribution in [-0.4, -0.2) is 179 Å². The van der Waals surface area contributed by atoms with Gasteiger partial charge in [0, 0.05) is 50.2 Å². The number of nitrogens with zero attached hydrogens (tertiary/aromatic N) is 11. The maximum Gasteiger partial charge on any atom is 0.267 e. The molecule has 356 valence electrons. The van der Waals surface area contributed by atoms with Crippen LogP contribution in [0.3, 0.4) is 0 Å². The fourth-order valence-corrected chi connectivity index (χ4v) is 7.09. The number of rotatable bonds is 34. The van der Waals surface area contributed by atoms with Crippen molar-refractivity contribution < 1.29 is 42.7 Å². The van der Waals surface area contributed by atoms with E-state index in [2.05, 4.69) is 50.7 Å². The quantitative estimate of drug-likeness (QED) is 0.0282. The molecule has 1 aliphatic rings. The molecule has 5 rings (SSSR count). The van der Waals surface area contributed by atoms with Gasteiger partial charge in [0.15, 0.2) is 5.13 Å². The molecule has 2 N–H and O–H groups in total. The molecule has 0 radical (unpaired) electrons. The van der Waals surface area contributed by atoms with Crippen LogP contribution in [0.4, 0.5) is 22.5 Å². The molecular formula is C41H60ClN13O9S. The zero-order valence-corrected chi connectivity index (χ0v) is 38.7. The predicted octanol–water partition coefficient (Wildman–Crippen LogP) is 4.56. The van der Waals surface area contributed by atoms with Crippen molar-refractivity contribution in [2.75, 3.05) is 154 Å². The van der Waals surface area contributed by atoms with Crippen molar-refractivity contribution in [3.63, 3.8) is 0 Å². The Hall–Kier alpha value is -4.62. The van der Waals surface area contributed by atoms with Crippen molar-refractivity contribution in [3.8, 4) is 0 Å². The molecular weight excluding hydrogens is 886 g/mol. The summed E-state index contributed by atoms with van der Waals surface area (Å²) in [4.78, 5) is 34.3. The van der Waals surface area contributed by atoms with Gasteiger partial charge in [0.2, 0.25) is 0 Å². The number of para-hydroxylation sites is 1. The number of halogens is 1. The number of anilines is 4. The minimum atomic E-state index is -0.280. The van der Waals surface area contributed by atoms with Gasteiger partial charge in [-0.1, -0.05) is 45.4 Å². The van der Waals surface area contributed by atoms with Gasteiger partial charge in [0.05, 0.1) is 135 Å². The molecule has 1 saturated heterocycles. The highest BCUT2D eigenvalue weighted by atomic mass is 35.5. The van der Waals surface area contributed by atoms with Gasteiger partial charge in [0.25, 0.3) is 5.91 Å². The van der Waals surface area contributed by atoms with Gasteiger partial charge in [-0.3, -0.25) is 9.69 Å². The number of nitrogens with one attached hydrogen (secondary N) is 2. The summed E-state index contributed by atoms with van der Waals surface area (Å²) in [5, 5.41) is 19.0. The number of amides is 1. The van der Waals surface area contributed by atoms with Gasteiger partial charge in [-0.2, -0.15) is 0 Å². The number of ether oxygens (including phenoxy) is 8. The highest BCUT2D eigenvalue weighted by Gasteiger charge is 2.20. The number of hydrogen-bond acceptors (Lipinski definition) is 19. The van der Waals surface area contributed by atoms with Gasteiger partial charge in [-0.25, -0.2) is 19.6 Å². The zero-order chi connectivity index (χ0) is 45.7. The highest BCUT2D eigenvalue weighted by Crippen LogP contribution is 2.28. The van der Waals surface area contributed by atoms with Gasteiger partial charge in [-0.05, 0) is 31.0 Å². The van der Waals surface area contributed by atoms with Gasteiger partial charge < -0.3 is 53.4 Å². The standard InChI is InChI=1S/C41H60ClN13O9S/c1-32-4-3-5-35(42)39(32)49-40(56)36-29-44-41(65-36)48-37-28-38(47-33(2)46-37)54-9-7-53(8-10-54)11-14-64-31-34-30-55(52-50-34)12-15-58-17-19-60-21-23-62-25-27-63-26-24-61-22-20-59-18-16-57-13-6-45-51-43/h3-5,28-30H,6-27,31H2,1-2H3,(H,49,56)(H,44,46,47,48). The normalized spacial score (nSPS) is 13.0. The maximum absolute atomic E-state index is 12.9. The molecule has 0 atom stereocenters. The minimum Gasteiger partial charge on any atom is -0.379 e. The summed E-state index contributed by atoms with van der Waals surface area (Å²) in [5.41, 5.74) is 10.4. The first kappa shape index (κ1) is 51.4. The Labute approximate surface area is 387 Å². The van der Waals surface area contributed by atoms with E-state index in [-0.39, 0.29) is 5.91 Å². The van der Waals surface area contributed by atoms with E-state index in [1.807, 2.05) is 38.2 Å². The molecule has 4 aromatic rings. The average molecular weight is 947 g/mol. The smallest absolute Gasteiger partial charge is 0.267 e. The lowest BCUT2D eigenvalue weighted by Crippen LogP contribution is -2.47. The van der Waals surface area contributed by atoms with Crippen LogP contribution in [0.2, 0.25) is 5.02 Å². The van der Waals surface area contributed by atoms with Crippen LogP contribution in [0.15, 0.2) is 41.8 Å². The maximum atomic E-state index is 12.9. The number of aryl methyl sites for hydroxylation is 2. The molecule has 1 fully saturated rings. The third kappa shape index (κ3) is 20.2. The fourth-order valence-electron chi connectivity index (χ4n) is 6.10. The fraction of sp³-hybridized carbons (Fsp3) is 0.610. The van der Waals surface area contributed by atoms with Crippen LogP contribution in [-0.2, 0) is 51.0 Å². The number of benzene rings is 1. The van der Waals surface area contributed by atoms with E-state index < -0.39 is 0 Å². The Bertz CT molecular complexity index is 2000. The molecule has 65 heavy (non-hydrogen) atoms. The zero-order valence-electron chi connectivity index (χ0n) is 37.1. The minimum absolute atomic E-state index is 0.280. The monoisotopic (exact) mass is 945 g/mol. The van der Waals surface area contributed by atoms with Crippen LogP contribution in [0.25, 0.3) is 10.4 Å². The summed E-state index contributed by atoms with van der Waals surface area (Å²) >= 11 is 7.53. The third-order valence-electron chi connectivity index (χ3n) is 9.43. The molecule has 1 aromatic carbocycles. The van der Waals surface area contributed by atoms with E-state index in [9.17, 15) is 4.79 Å². The van der Waals surface area contributed by atoms with Crippen LogP contribution in [0.5, 0.6) is 0 Å². The molecule has 1 aliphatic heterocycles. The van der Waals surface area contributed by atoms with Crippen molar-refractivity contribution in [2.24, 2.45) is 5.11 Å². The van der Waals surface area contributed by atoms with Gasteiger partial charge in [0.1, 0.15) is 28.0 Å². The molecule has 3 aromatic heterocycles. The lowest BCUT2D eigenvalue weighted by molar-refractivity contribution is -0.0205. The second kappa shape index (κ2) is 30.6. The first-order valence-electron chi connectivity index (χ1n) is 21.5. The first-order chi connectivity index (χ1) is 31.9. The number of carbonyl (C=O) groups is 1. The molecule has 4 heterocycles. The summed E-state index contributed by atoms with van der Waals surface area (Å²) in [7, 11) is 0. The predicted molar refractivity (Wildman–Crippen MR) is 244 cm³/mol. The first-order valence-corrected chi connectivity index (χ1v) is 22.7. The molecule has 22 nitrogen and oxygen atoms in total. The van der Waals surface area contributed by atoms with Crippen LogP contribution < -0.4 is 15.5 Å². The van der Waals surface area contributed by atoms with Crippen LogP contribution in [0, 0.1) is 13.8 Å². The lowest BCUT2D eigenvalue weighted by atomic mass is 10.2. The van der Waals surface area contributed by atoms with Crippen molar-refractivity contribution in [3.05, 3.63) is 74.1 Å². The SMILES string of the molecule is Cc1nc(Nc2ncc(C(=O)Nc3c(C)cccc3Cl)s2)cc(N2CCN(CCOCc3cn(CCOCCOCCOCCOCCOCCOCCOCCN=[N+]=[N-])nn3)CC2)n1. The van der Waals surface area contributed by atoms with Crippen LogP contribution in [0.1, 0.15) is 26.8 Å². The van der Waals surface area contributed by atoms with Crippen molar-refractivity contribution in [1.29, 1.82) is 0 Å². The van der Waals surface area contributed by atoms with Gasteiger partial charge in [-0.15, -0.1) is 5.10 Å². The number of aromatic nitrogens is 6. The second-order valence-corrected chi connectivity index (χ2v) is 15.7. The number of thiazole rings is 1. The third-order valence-corrected chi connectivity index (χ3v) is 10.7. The van der Waals surface area contributed by atoms with Crippen molar-refractivity contribution in [1.82, 2.24) is 34.8 Å². The van der Waals surface area contributed by atoms with E-state index in [1.54, 1.807) is 10.7 Å².